The van der Waals surface area contributed by atoms with E-state index in [2.05, 4.69) is 55.2 Å². The molecule has 3 aromatic carbocycles. The van der Waals surface area contributed by atoms with Crippen molar-refractivity contribution in [1.29, 1.82) is 0 Å². The molecule has 1 aromatic heterocycles. The Kier molecular flexibility index (Phi) is 24.4. The van der Waals surface area contributed by atoms with Crippen LogP contribution in [0.3, 0.4) is 0 Å². The zero-order valence-corrected chi connectivity index (χ0v) is 45.3. The number of amides is 8. The van der Waals surface area contributed by atoms with Gasteiger partial charge in [-0.05, 0) is 99.9 Å². The molecule has 8 amide bonds. The number of nitrogens with two attached hydrogens (primary N) is 4. The lowest BCUT2D eigenvalue weighted by atomic mass is 9.99. The summed E-state index contributed by atoms with van der Waals surface area (Å²) in [5, 5.41) is 39.8. The second-order valence-electron chi connectivity index (χ2n) is 19.0. The van der Waals surface area contributed by atoms with Gasteiger partial charge in [0.15, 0.2) is 0 Å². The topological polar surface area (TPSA) is 381 Å². The maximum atomic E-state index is 14.6. The van der Waals surface area contributed by atoms with E-state index in [9.17, 15) is 48.6 Å². The van der Waals surface area contributed by atoms with E-state index >= 15 is 0 Å². The number of aliphatic hydroxyl groups excluding tert-OH is 1. The number of phenolic OH excluding ortho intramolecular Hbond substituents is 1. The van der Waals surface area contributed by atoms with Crippen LogP contribution in [-0.4, -0.2) is 135 Å². The van der Waals surface area contributed by atoms with Crippen LogP contribution in [0.4, 0.5) is 5.69 Å². The first-order valence-electron chi connectivity index (χ1n) is 24.9. The maximum absolute atomic E-state index is 14.6. The number of nitrogens with one attached hydrogen (secondary N) is 8. The number of hydrogen-bond acceptors (Lipinski definition) is 15. The van der Waals surface area contributed by atoms with E-state index in [-0.39, 0.29) is 43.1 Å². The summed E-state index contributed by atoms with van der Waals surface area (Å²) in [7, 11) is 2.02. The van der Waals surface area contributed by atoms with Gasteiger partial charge in [0, 0.05) is 47.1 Å². The van der Waals surface area contributed by atoms with Crippen molar-refractivity contribution in [2.45, 2.75) is 122 Å². The van der Waals surface area contributed by atoms with Gasteiger partial charge in [0.1, 0.15) is 48.0 Å². The quantitative estimate of drug-likeness (QED) is 0.0431. The molecule has 0 bridgehead atoms. The number of phenols is 1. The van der Waals surface area contributed by atoms with E-state index in [1.165, 1.54) is 18.6 Å². The molecule has 2 heterocycles. The van der Waals surface area contributed by atoms with E-state index in [4.69, 9.17) is 22.9 Å². The van der Waals surface area contributed by atoms with E-state index in [1.807, 2.05) is 43.3 Å². The highest BCUT2D eigenvalue weighted by atomic mass is 33.1. The van der Waals surface area contributed by atoms with Crippen molar-refractivity contribution in [1.82, 2.24) is 42.2 Å². The fraction of sp³-hybridized carbons (Fsp3) is 0.462. The number of aromatic nitrogens is 1. The smallest absolute Gasteiger partial charge is 0.244 e. The van der Waals surface area contributed by atoms with Crippen molar-refractivity contribution in [3.05, 3.63) is 94.7 Å². The average Bonchev–Trinajstić information content (AvgIpc) is 3.78. The van der Waals surface area contributed by atoms with E-state index in [0.29, 0.717) is 29.5 Å². The minimum Gasteiger partial charge on any atom is -0.508 e. The number of anilines is 1. The molecule has 8 atom stereocenters. The molecule has 76 heavy (non-hydrogen) atoms. The van der Waals surface area contributed by atoms with Gasteiger partial charge in [-0.1, -0.05) is 83.5 Å². The number of carbonyl (C=O) groups is 8. The number of hydrogen-bond donors (Lipinski definition) is 14. The summed E-state index contributed by atoms with van der Waals surface area (Å²) in [6, 6.07) is 8.50. The zero-order chi connectivity index (χ0) is 56.2. The Labute approximate surface area is 450 Å². The molecule has 18 N–H and O–H groups in total. The van der Waals surface area contributed by atoms with Crippen molar-refractivity contribution < 1.29 is 48.6 Å². The number of benzene rings is 3. The average molecular weight is 1090 g/mol. The first kappa shape index (κ1) is 61.7. The standard InChI is InChI=1S/C44H63N11O10S2.C8H11N/c1-22(2)36-44(65)53-33(43(64)55-37(24(4)56)38(47)59)21-67-66-20-32(49-35(58)18-46)42(63)51-30(16-25-12-13-34(57)23(3)15-25)40(61)52-31(17-26-19-48-28-10-6-5-9-27(26)28)41(62)50-29(39(60)54-36)11-7-8-14-45;1-6-3-4-8(9)7(2)5-6/h5-6,9-10,12-13,15,19,22,24,29-33,36-37,48,56-57H,7-8,11,14,16-18,20-21,45-46H2,1-4H3,(H2,47,59)(H,49,58)(H,50,62)(H,51,63)(H,52,61)(H,53,65)(H,54,60)(H,55,64);3-5H,9H2,1-2H3/t24?,29-,30-,31+,32+,33+,36?,37?;/m0./s1. The molecule has 0 spiro atoms. The summed E-state index contributed by atoms with van der Waals surface area (Å²) in [4.78, 5) is 113. The predicted molar refractivity (Wildman–Crippen MR) is 295 cm³/mol. The molecule has 3 unspecified atom stereocenters. The number of unbranched alkanes of at least 4 members (excludes halogenated alkanes) is 1. The van der Waals surface area contributed by atoms with Gasteiger partial charge in [0.05, 0.1) is 12.6 Å². The lowest BCUT2D eigenvalue weighted by molar-refractivity contribution is -0.136. The van der Waals surface area contributed by atoms with Crippen LogP contribution in [0.5, 0.6) is 5.75 Å². The molecule has 22 nitrogen and oxygen atoms in total. The molecule has 4 aromatic rings. The van der Waals surface area contributed by atoms with Gasteiger partial charge in [-0.2, -0.15) is 0 Å². The van der Waals surface area contributed by atoms with Gasteiger partial charge in [0.2, 0.25) is 47.3 Å². The number of aromatic hydroxyl groups is 1. The molecule has 1 saturated heterocycles. The van der Waals surface area contributed by atoms with E-state index in [1.54, 1.807) is 39.1 Å². The lowest BCUT2D eigenvalue weighted by Crippen LogP contribution is -2.62. The summed E-state index contributed by atoms with van der Waals surface area (Å²) >= 11 is 0. The third-order valence-corrected chi connectivity index (χ3v) is 14.8. The minimum absolute atomic E-state index is 0.00250. The summed E-state index contributed by atoms with van der Waals surface area (Å²) < 4.78 is 0. The van der Waals surface area contributed by atoms with Crippen molar-refractivity contribution in [2.24, 2.45) is 23.1 Å². The number of H-pyrrole nitrogens is 1. The Balaban J connectivity index is 0.00000125. The molecule has 1 aliphatic rings. The molecule has 1 aliphatic heterocycles. The molecule has 5 rings (SSSR count). The summed E-state index contributed by atoms with van der Waals surface area (Å²) in [5.74, 6) is -7.47. The van der Waals surface area contributed by atoms with Gasteiger partial charge in [-0.15, -0.1) is 0 Å². The number of fused-ring (bicyclic) bond motifs is 1. The van der Waals surface area contributed by atoms with Crippen LogP contribution in [0, 0.1) is 26.7 Å². The van der Waals surface area contributed by atoms with Crippen LogP contribution in [0.25, 0.3) is 10.9 Å². The van der Waals surface area contributed by atoms with Crippen LogP contribution >= 0.6 is 21.6 Å². The SMILES string of the molecule is Cc1cc(C[C@@H]2NC(=O)[C@H](NC(=O)CN)CSSC[C@H](C(=O)NC(C(N)=O)C(C)O)NC(=O)C(C(C)C)NC(=O)[C@H](CCCCN)NC(=O)[C@@H](Cc3c[nH]c4ccccc34)NC2=O)ccc1O.Cc1ccc(N)c(C)c1. The molecule has 0 saturated carbocycles. The minimum atomic E-state index is -1.53. The van der Waals surface area contributed by atoms with Gasteiger partial charge < -0.3 is 75.3 Å². The number of aryl methyl sites for hydroxylation is 3. The van der Waals surface area contributed by atoms with Gasteiger partial charge >= 0.3 is 0 Å². The second-order valence-corrected chi connectivity index (χ2v) is 21.6. The Morgan fingerprint density at radius 3 is 2.01 bits per heavy atom. The molecule has 414 valence electrons. The lowest BCUT2D eigenvalue weighted by Gasteiger charge is -2.29. The van der Waals surface area contributed by atoms with Crippen LogP contribution in [-0.2, 0) is 51.2 Å². The van der Waals surface area contributed by atoms with Crippen molar-refractivity contribution in [2.75, 3.05) is 30.3 Å². The summed E-state index contributed by atoms with van der Waals surface area (Å²) in [6.45, 7) is 10.1. The monoisotopic (exact) mass is 1090 g/mol. The number of carbonyl (C=O) groups excluding carboxylic acids is 8. The normalized spacial score (nSPS) is 21.1. The van der Waals surface area contributed by atoms with Crippen LogP contribution in [0.1, 0.15) is 67.9 Å². The maximum Gasteiger partial charge on any atom is 0.244 e. The summed E-state index contributed by atoms with van der Waals surface area (Å²) in [6.07, 6.45) is 1.04. The van der Waals surface area contributed by atoms with Gasteiger partial charge in [-0.3, -0.25) is 38.4 Å². The molecular formula is C52H74N12O10S2. The highest BCUT2D eigenvalue weighted by molar-refractivity contribution is 8.76. The molecule has 0 radical (unpaired) electrons. The van der Waals surface area contributed by atoms with Gasteiger partial charge in [-0.25, -0.2) is 0 Å². The molecule has 24 heteroatoms. The van der Waals surface area contributed by atoms with Crippen LogP contribution in [0.2, 0.25) is 0 Å². The first-order chi connectivity index (χ1) is 36.0. The number of primary amides is 1. The Bertz CT molecular complexity index is 2670. The van der Waals surface area contributed by atoms with Crippen molar-refractivity contribution >= 4 is 85.4 Å². The molecular weight excluding hydrogens is 1020 g/mol. The fourth-order valence-electron chi connectivity index (χ4n) is 8.01. The van der Waals surface area contributed by atoms with Crippen molar-refractivity contribution in [3.8, 4) is 5.75 Å². The third kappa shape index (κ3) is 18.8. The predicted octanol–water partition coefficient (Wildman–Crippen LogP) is 0.251. The fourth-order valence-corrected chi connectivity index (χ4v) is 10.3. The number of aliphatic hydroxyl groups is 1. The molecule has 0 aliphatic carbocycles. The number of rotatable bonds is 15. The Morgan fingerprint density at radius 2 is 1.39 bits per heavy atom. The van der Waals surface area contributed by atoms with Crippen LogP contribution < -0.4 is 60.2 Å². The van der Waals surface area contributed by atoms with Crippen LogP contribution in [0.15, 0.2) is 66.9 Å². The number of aromatic amines is 1. The Morgan fingerprint density at radius 1 is 0.750 bits per heavy atom. The first-order valence-corrected chi connectivity index (χ1v) is 27.4. The highest BCUT2D eigenvalue weighted by Crippen LogP contribution is 2.25. The third-order valence-electron chi connectivity index (χ3n) is 12.4. The second kappa shape index (κ2) is 30.0. The number of nitrogen functional groups attached to an aromatic ring is 1. The summed E-state index contributed by atoms with van der Waals surface area (Å²) in [5.41, 5.74) is 28.2. The molecule has 1 fully saturated rings. The van der Waals surface area contributed by atoms with E-state index in [0.717, 1.165) is 43.7 Å². The van der Waals surface area contributed by atoms with Gasteiger partial charge in [0.25, 0.3) is 0 Å². The highest BCUT2D eigenvalue weighted by Gasteiger charge is 2.36. The largest absolute Gasteiger partial charge is 0.508 e. The van der Waals surface area contributed by atoms with E-state index < -0.39 is 108 Å². The zero-order valence-electron chi connectivity index (χ0n) is 43.7. The van der Waals surface area contributed by atoms with Crippen molar-refractivity contribution in [3.63, 3.8) is 0 Å². The Hall–Kier alpha value is -6.86. The number of para-hydroxylation sites is 1.